The number of nitrogens with zero attached hydrogens (tertiary/aromatic N) is 2. The van der Waals surface area contributed by atoms with Crippen molar-refractivity contribution in [2.24, 2.45) is 5.10 Å². The highest BCUT2D eigenvalue weighted by molar-refractivity contribution is 14.1. The molecule has 2 N–H and O–H groups in total. The standard InChI is InChI=1S/C12H11IN4O/c1-8-2-4-9(5-3-8)6-14-17-12(18)11-10(13)7-15-16-11/h2-7H,1H3,(H,15,16)(H,17,18)/b14-6+. The lowest BCUT2D eigenvalue weighted by Crippen LogP contribution is -2.19. The van der Waals surface area contributed by atoms with Crippen LogP contribution in [0.2, 0.25) is 0 Å². The van der Waals surface area contributed by atoms with Gasteiger partial charge < -0.3 is 0 Å². The predicted octanol–water partition coefficient (Wildman–Crippen LogP) is 2.09. The fourth-order valence-electron chi connectivity index (χ4n) is 1.30. The maximum atomic E-state index is 11.7. The van der Waals surface area contributed by atoms with Crippen molar-refractivity contribution in [1.29, 1.82) is 0 Å². The lowest BCUT2D eigenvalue weighted by Gasteiger charge is -1.97. The monoisotopic (exact) mass is 354 g/mol. The number of carbonyl (C=O) groups excluding carboxylic acids is 1. The summed E-state index contributed by atoms with van der Waals surface area (Å²) in [4.78, 5) is 11.7. The minimum absolute atomic E-state index is 0.305. The SMILES string of the molecule is Cc1ccc(/C=N/NC(=O)c2[nH]ncc2I)cc1. The first kappa shape index (κ1) is 12.7. The average Bonchev–Trinajstić information content (AvgIpc) is 2.78. The second-order valence-corrected chi connectivity index (χ2v) is 4.86. The Kier molecular flexibility index (Phi) is 4.08. The molecule has 0 unspecified atom stereocenters. The maximum absolute atomic E-state index is 11.7. The van der Waals surface area contributed by atoms with Crippen molar-refractivity contribution in [3.8, 4) is 0 Å². The molecule has 1 aromatic carbocycles. The van der Waals surface area contributed by atoms with E-state index in [1.807, 2.05) is 53.8 Å². The first-order valence-electron chi connectivity index (χ1n) is 5.26. The van der Waals surface area contributed by atoms with Crippen molar-refractivity contribution in [3.63, 3.8) is 0 Å². The number of nitrogens with one attached hydrogen (secondary N) is 2. The molecule has 0 aliphatic rings. The second kappa shape index (κ2) is 5.76. The molecule has 6 heteroatoms. The third-order valence-corrected chi connectivity index (χ3v) is 3.10. The number of carbonyl (C=O) groups is 1. The first-order chi connectivity index (χ1) is 8.66. The Morgan fingerprint density at radius 1 is 1.44 bits per heavy atom. The number of aryl methyl sites for hydroxylation is 1. The van der Waals surface area contributed by atoms with Gasteiger partial charge >= 0.3 is 0 Å². The number of halogens is 1. The van der Waals surface area contributed by atoms with E-state index < -0.39 is 0 Å². The number of hydrogen-bond acceptors (Lipinski definition) is 3. The highest BCUT2D eigenvalue weighted by Crippen LogP contribution is 2.07. The van der Waals surface area contributed by atoms with E-state index in [2.05, 4.69) is 20.7 Å². The predicted molar refractivity (Wildman–Crippen MR) is 77.5 cm³/mol. The maximum Gasteiger partial charge on any atom is 0.290 e. The Labute approximate surface area is 118 Å². The van der Waals surface area contributed by atoms with Gasteiger partial charge in [-0.15, -0.1) is 0 Å². The van der Waals surface area contributed by atoms with Crippen LogP contribution in [0.25, 0.3) is 0 Å². The van der Waals surface area contributed by atoms with E-state index in [1.165, 1.54) is 5.56 Å². The van der Waals surface area contributed by atoms with Crippen molar-refractivity contribution in [1.82, 2.24) is 15.6 Å². The molecule has 0 saturated heterocycles. The lowest BCUT2D eigenvalue weighted by molar-refractivity contribution is 0.0949. The van der Waals surface area contributed by atoms with Crippen molar-refractivity contribution in [2.75, 3.05) is 0 Å². The highest BCUT2D eigenvalue weighted by atomic mass is 127. The molecule has 92 valence electrons. The normalized spacial score (nSPS) is 10.8. The molecule has 5 nitrogen and oxygen atoms in total. The smallest absolute Gasteiger partial charge is 0.272 e. The molecule has 0 aliphatic heterocycles. The van der Waals surface area contributed by atoms with Crippen LogP contribution < -0.4 is 5.43 Å². The van der Waals surface area contributed by atoms with Crippen LogP contribution in [0.4, 0.5) is 0 Å². The largest absolute Gasteiger partial charge is 0.290 e. The van der Waals surface area contributed by atoms with Gasteiger partial charge in [0.25, 0.3) is 5.91 Å². The highest BCUT2D eigenvalue weighted by Gasteiger charge is 2.10. The Morgan fingerprint density at radius 2 is 2.17 bits per heavy atom. The summed E-state index contributed by atoms with van der Waals surface area (Å²) < 4.78 is 0.760. The van der Waals surface area contributed by atoms with E-state index in [0.717, 1.165) is 9.13 Å². The topological polar surface area (TPSA) is 70.1 Å². The van der Waals surface area contributed by atoms with Gasteiger partial charge in [-0.1, -0.05) is 29.8 Å². The minimum atomic E-state index is -0.305. The zero-order valence-electron chi connectivity index (χ0n) is 9.64. The second-order valence-electron chi connectivity index (χ2n) is 3.70. The zero-order valence-corrected chi connectivity index (χ0v) is 11.8. The Balaban J connectivity index is 1.98. The summed E-state index contributed by atoms with van der Waals surface area (Å²) in [7, 11) is 0. The van der Waals surface area contributed by atoms with E-state index in [1.54, 1.807) is 12.4 Å². The van der Waals surface area contributed by atoms with Crippen LogP contribution in [0.3, 0.4) is 0 Å². The van der Waals surface area contributed by atoms with Gasteiger partial charge in [0.15, 0.2) is 0 Å². The van der Waals surface area contributed by atoms with E-state index in [-0.39, 0.29) is 5.91 Å². The molecule has 0 saturated carbocycles. The van der Waals surface area contributed by atoms with Crippen LogP contribution in [-0.2, 0) is 0 Å². The molecule has 0 bridgehead atoms. The third kappa shape index (κ3) is 3.16. The Morgan fingerprint density at radius 3 is 2.78 bits per heavy atom. The first-order valence-corrected chi connectivity index (χ1v) is 6.33. The number of aromatic amines is 1. The lowest BCUT2D eigenvalue weighted by atomic mass is 10.2. The number of hydrogen-bond donors (Lipinski definition) is 2. The van der Waals surface area contributed by atoms with Crippen LogP contribution in [0, 0.1) is 10.5 Å². The van der Waals surface area contributed by atoms with E-state index in [0.29, 0.717) is 5.69 Å². The fraction of sp³-hybridized carbons (Fsp3) is 0.0833. The van der Waals surface area contributed by atoms with Crippen LogP contribution in [0.5, 0.6) is 0 Å². The molecule has 0 fully saturated rings. The fourth-order valence-corrected chi connectivity index (χ4v) is 1.81. The summed E-state index contributed by atoms with van der Waals surface area (Å²) >= 11 is 2.03. The van der Waals surface area contributed by atoms with Crippen molar-refractivity contribution < 1.29 is 4.79 Å². The van der Waals surface area contributed by atoms with Gasteiger partial charge in [0.05, 0.1) is 16.0 Å². The van der Waals surface area contributed by atoms with Gasteiger partial charge in [-0.2, -0.15) is 10.2 Å². The summed E-state index contributed by atoms with van der Waals surface area (Å²) in [5, 5.41) is 10.3. The molecule has 0 spiro atoms. The molecule has 2 rings (SSSR count). The zero-order chi connectivity index (χ0) is 13.0. The number of hydrazone groups is 1. The molecule has 2 aromatic rings. The van der Waals surface area contributed by atoms with Gasteiger partial charge in [-0.3, -0.25) is 9.89 Å². The molecule has 0 aliphatic carbocycles. The number of H-pyrrole nitrogens is 1. The van der Waals surface area contributed by atoms with Gasteiger partial charge in [0.1, 0.15) is 5.69 Å². The molecule has 0 radical (unpaired) electrons. The van der Waals surface area contributed by atoms with Crippen molar-refractivity contribution in [2.45, 2.75) is 6.92 Å². The van der Waals surface area contributed by atoms with Gasteiger partial charge in [-0.05, 0) is 35.1 Å². The van der Waals surface area contributed by atoms with Crippen LogP contribution in [0.15, 0.2) is 35.6 Å². The van der Waals surface area contributed by atoms with Crippen molar-refractivity contribution >= 4 is 34.7 Å². The molecular weight excluding hydrogens is 343 g/mol. The average molecular weight is 354 g/mol. The van der Waals surface area contributed by atoms with Gasteiger partial charge in [0.2, 0.25) is 0 Å². The summed E-state index contributed by atoms with van der Waals surface area (Å²) in [6.45, 7) is 2.02. The Hall–Kier alpha value is -1.70. The number of amides is 1. The van der Waals surface area contributed by atoms with Crippen LogP contribution in [0.1, 0.15) is 21.6 Å². The summed E-state index contributed by atoms with van der Waals surface area (Å²) in [6, 6.07) is 7.85. The third-order valence-electron chi connectivity index (χ3n) is 2.28. The van der Waals surface area contributed by atoms with E-state index in [9.17, 15) is 4.79 Å². The minimum Gasteiger partial charge on any atom is -0.272 e. The van der Waals surface area contributed by atoms with Gasteiger partial charge in [0, 0.05) is 0 Å². The Bertz CT molecular complexity index is 574. The summed E-state index contributed by atoms with van der Waals surface area (Å²) in [6.07, 6.45) is 3.18. The summed E-state index contributed by atoms with van der Waals surface area (Å²) in [5.74, 6) is -0.305. The quantitative estimate of drug-likeness (QED) is 0.503. The summed E-state index contributed by atoms with van der Waals surface area (Å²) in [5.41, 5.74) is 4.97. The van der Waals surface area contributed by atoms with Crippen LogP contribution >= 0.6 is 22.6 Å². The van der Waals surface area contributed by atoms with Crippen LogP contribution in [-0.4, -0.2) is 22.3 Å². The molecule has 1 amide bonds. The molecule has 1 aromatic heterocycles. The van der Waals surface area contributed by atoms with E-state index in [4.69, 9.17) is 0 Å². The molecule has 1 heterocycles. The number of rotatable bonds is 3. The molecule has 18 heavy (non-hydrogen) atoms. The molecule has 0 atom stereocenters. The number of benzene rings is 1. The van der Waals surface area contributed by atoms with E-state index >= 15 is 0 Å². The number of aromatic nitrogens is 2. The van der Waals surface area contributed by atoms with Gasteiger partial charge in [-0.25, -0.2) is 5.43 Å². The van der Waals surface area contributed by atoms with Crippen molar-refractivity contribution in [3.05, 3.63) is 50.9 Å². The molecular formula is C12H11IN4O.